The summed E-state index contributed by atoms with van der Waals surface area (Å²) < 4.78 is 0. The minimum atomic E-state index is -0.776. The molecule has 6 heteroatoms. The lowest BCUT2D eigenvalue weighted by Gasteiger charge is -2.15. The van der Waals surface area contributed by atoms with E-state index in [-0.39, 0.29) is 12.0 Å². The molecule has 6 nitrogen and oxygen atoms in total. The first kappa shape index (κ1) is 15.2. The average Bonchev–Trinajstić information content (AvgIpc) is 2.86. The summed E-state index contributed by atoms with van der Waals surface area (Å²) >= 11 is 0. The maximum Gasteiger partial charge on any atom is 0.303 e. The first-order chi connectivity index (χ1) is 9.84. The van der Waals surface area contributed by atoms with Gasteiger partial charge in [-0.05, 0) is 43.5 Å². The first-order valence-corrected chi connectivity index (χ1v) is 6.93. The molecule has 0 aliphatic heterocycles. The number of rotatable bonds is 5. The number of carboxylic acids is 1. The number of aliphatic carboxylic acids is 1. The number of aromatic nitrogens is 4. The van der Waals surface area contributed by atoms with Gasteiger partial charge in [0, 0.05) is 12.8 Å². The second kappa shape index (κ2) is 6.03. The number of nitrogens with zero attached hydrogens (tertiary/aromatic N) is 4. The number of tetrazole rings is 1. The normalized spacial score (nSPS) is 11.6. The van der Waals surface area contributed by atoms with Crippen molar-refractivity contribution in [2.45, 2.75) is 45.6 Å². The van der Waals surface area contributed by atoms with Gasteiger partial charge in [0.05, 0.1) is 5.54 Å². The average molecular weight is 288 g/mol. The molecular formula is C15H20N4O2. The number of benzene rings is 1. The molecule has 0 saturated heterocycles. The lowest BCUT2D eigenvalue weighted by atomic mass is 10.1. The van der Waals surface area contributed by atoms with Crippen molar-refractivity contribution in [3.63, 3.8) is 0 Å². The highest BCUT2D eigenvalue weighted by Crippen LogP contribution is 2.12. The van der Waals surface area contributed by atoms with E-state index in [4.69, 9.17) is 5.11 Å². The van der Waals surface area contributed by atoms with Gasteiger partial charge in [-0.2, -0.15) is 4.80 Å². The highest BCUT2D eigenvalue weighted by molar-refractivity contribution is 5.67. The summed E-state index contributed by atoms with van der Waals surface area (Å²) in [6.45, 7) is 6.07. The lowest BCUT2D eigenvalue weighted by Crippen LogP contribution is -2.24. The Morgan fingerprint density at radius 2 is 1.81 bits per heavy atom. The molecule has 0 fully saturated rings. The summed E-state index contributed by atoms with van der Waals surface area (Å²) in [5.74, 6) is -0.0923. The molecule has 0 aliphatic rings. The van der Waals surface area contributed by atoms with Gasteiger partial charge in [-0.3, -0.25) is 4.79 Å². The van der Waals surface area contributed by atoms with Crippen LogP contribution in [-0.4, -0.2) is 31.3 Å². The van der Waals surface area contributed by atoms with Crippen LogP contribution in [0.2, 0.25) is 0 Å². The zero-order valence-corrected chi connectivity index (χ0v) is 12.6. The van der Waals surface area contributed by atoms with Crippen LogP contribution >= 0.6 is 0 Å². The Morgan fingerprint density at radius 1 is 1.19 bits per heavy atom. The largest absolute Gasteiger partial charge is 0.481 e. The number of carboxylic acid groups (broad SMARTS) is 1. The molecule has 1 heterocycles. The fourth-order valence-electron chi connectivity index (χ4n) is 1.86. The summed E-state index contributed by atoms with van der Waals surface area (Å²) in [6.07, 6.45) is 1.32. The van der Waals surface area contributed by atoms with Crippen molar-refractivity contribution in [1.29, 1.82) is 0 Å². The predicted octanol–water partition coefficient (Wildman–Crippen LogP) is 2.04. The molecule has 0 bridgehead atoms. The van der Waals surface area contributed by atoms with Crippen LogP contribution in [0.3, 0.4) is 0 Å². The number of carbonyl (C=O) groups is 1. The van der Waals surface area contributed by atoms with E-state index in [1.807, 2.05) is 45.0 Å². The first-order valence-electron chi connectivity index (χ1n) is 6.93. The molecule has 0 atom stereocenters. The third-order valence-corrected chi connectivity index (χ3v) is 3.07. The Morgan fingerprint density at radius 3 is 2.33 bits per heavy atom. The minimum Gasteiger partial charge on any atom is -0.481 e. The predicted molar refractivity (Wildman–Crippen MR) is 78.0 cm³/mol. The van der Waals surface area contributed by atoms with Crippen molar-refractivity contribution in [3.8, 4) is 0 Å². The summed E-state index contributed by atoms with van der Waals surface area (Å²) in [5, 5.41) is 21.2. The fraction of sp³-hybridized carbons (Fsp3) is 0.467. The van der Waals surface area contributed by atoms with Crippen LogP contribution in [0.4, 0.5) is 0 Å². The van der Waals surface area contributed by atoms with Crippen molar-refractivity contribution in [3.05, 3.63) is 41.2 Å². The fourth-order valence-corrected chi connectivity index (χ4v) is 1.86. The molecule has 1 N–H and O–H groups in total. The van der Waals surface area contributed by atoms with Gasteiger partial charge < -0.3 is 5.11 Å². The van der Waals surface area contributed by atoms with Crippen LogP contribution < -0.4 is 0 Å². The summed E-state index contributed by atoms with van der Waals surface area (Å²) in [6, 6.07) is 7.86. The van der Waals surface area contributed by atoms with Gasteiger partial charge >= 0.3 is 5.97 Å². The second-order valence-electron chi connectivity index (χ2n) is 6.05. The Bertz CT molecular complexity index is 611. The van der Waals surface area contributed by atoms with Gasteiger partial charge in [-0.1, -0.05) is 24.3 Å². The lowest BCUT2D eigenvalue weighted by molar-refractivity contribution is -0.136. The van der Waals surface area contributed by atoms with E-state index < -0.39 is 5.97 Å². The summed E-state index contributed by atoms with van der Waals surface area (Å²) in [5.41, 5.74) is 1.93. The SMILES string of the molecule is CC(C)(C)n1nnc(Cc2ccc(CCC(=O)O)cc2)n1. The Hall–Kier alpha value is -2.24. The summed E-state index contributed by atoms with van der Waals surface area (Å²) in [4.78, 5) is 12.2. The minimum absolute atomic E-state index is 0.154. The third kappa shape index (κ3) is 4.37. The topological polar surface area (TPSA) is 80.9 Å². The Balaban J connectivity index is 2.00. The van der Waals surface area contributed by atoms with Gasteiger partial charge in [0.15, 0.2) is 5.82 Å². The maximum absolute atomic E-state index is 10.5. The van der Waals surface area contributed by atoms with E-state index in [9.17, 15) is 4.79 Å². The van der Waals surface area contributed by atoms with Crippen molar-refractivity contribution >= 4 is 5.97 Å². The van der Waals surface area contributed by atoms with Crippen LogP contribution in [0.1, 0.15) is 44.1 Å². The van der Waals surface area contributed by atoms with Gasteiger partial charge in [0.25, 0.3) is 0 Å². The van der Waals surface area contributed by atoms with Crippen molar-refractivity contribution < 1.29 is 9.90 Å². The molecule has 0 aliphatic carbocycles. The smallest absolute Gasteiger partial charge is 0.303 e. The summed E-state index contributed by atoms with van der Waals surface area (Å²) in [7, 11) is 0. The standard InChI is InChI=1S/C15H20N4O2/c1-15(2,3)19-17-13(16-18-19)10-12-6-4-11(5-7-12)8-9-14(20)21/h4-7H,8-10H2,1-3H3,(H,20,21). The molecule has 0 spiro atoms. The maximum atomic E-state index is 10.5. The van der Waals surface area contributed by atoms with E-state index >= 15 is 0 Å². The zero-order valence-electron chi connectivity index (χ0n) is 12.6. The van der Waals surface area contributed by atoms with Crippen molar-refractivity contribution in [2.75, 3.05) is 0 Å². The number of aryl methyl sites for hydroxylation is 1. The van der Waals surface area contributed by atoms with Crippen LogP contribution in [0.15, 0.2) is 24.3 Å². The molecule has 1 aromatic heterocycles. The van der Waals surface area contributed by atoms with Crippen LogP contribution in [0.5, 0.6) is 0 Å². The number of hydrogen-bond donors (Lipinski definition) is 1. The molecule has 2 rings (SSSR count). The van der Waals surface area contributed by atoms with Crippen molar-refractivity contribution in [2.24, 2.45) is 0 Å². The van der Waals surface area contributed by atoms with Gasteiger partial charge in [0.2, 0.25) is 0 Å². The van der Waals surface area contributed by atoms with Gasteiger partial charge in [0.1, 0.15) is 0 Å². The van der Waals surface area contributed by atoms with E-state index in [2.05, 4.69) is 15.4 Å². The van der Waals surface area contributed by atoms with E-state index in [0.717, 1.165) is 11.1 Å². The van der Waals surface area contributed by atoms with E-state index in [1.165, 1.54) is 0 Å². The quantitative estimate of drug-likeness (QED) is 0.910. The molecule has 112 valence electrons. The molecular weight excluding hydrogens is 268 g/mol. The molecule has 0 saturated carbocycles. The zero-order chi connectivity index (χ0) is 15.5. The highest BCUT2D eigenvalue weighted by Gasteiger charge is 2.16. The molecule has 1 aromatic carbocycles. The van der Waals surface area contributed by atoms with Crippen LogP contribution in [-0.2, 0) is 23.2 Å². The van der Waals surface area contributed by atoms with Gasteiger partial charge in [-0.25, -0.2) is 0 Å². The Labute approximate surface area is 123 Å². The van der Waals surface area contributed by atoms with Crippen molar-refractivity contribution in [1.82, 2.24) is 20.2 Å². The van der Waals surface area contributed by atoms with Crippen LogP contribution in [0.25, 0.3) is 0 Å². The molecule has 0 amide bonds. The number of hydrogen-bond acceptors (Lipinski definition) is 4. The van der Waals surface area contributed by atoms with E-state index in [0.29, 0.717) is 18.7 Å². The molecule has 21 heavy (non-hydrogen) atoms. The van der Waals surface area contributed by atoms with Crippen LogP contribution in [0, 0.1) is 0 Å². The van der Waals surface area contributed by atoms with Gasteiger partial charge in [-0.15, -0.1) is 10.2 Å². The second-order valence-corrected chi connectivity index (χ2v) is 6.05. The molecule has 2 aromatic rings. The molecule has 0 unspecified atom stereocenters. The Kier molecular flexibility index (Phi) is 4.35. The monoisotopic (exact) mass is 288 g/mol. The molecule has 0 radical (unpaired) electrons. The third-order valence-electron chi connectivity index (χ3n) is 3.07. The highest BCUT2D eigenvalue weighted by atomic mass is 16.4. The van der Waals surface area contributed by atoms with E-state index in [1.54, 1.807) is 4.80 Å².